The van der Waals surface area contributed by atoms with E-state index in [2.05, 4.69) is 82.3 Å². The second-order valence-electron chi connectivity index (χ2n) is 9.33. The quantitative estimate of drug-likeness (QED) is 0.611. The van der Waals surface area contributed by atoms with Gasteiger partial charge in [0, 0.05) is 6.42 Å². The summed E-state index contributed by atoms with van der Waals surface area (Å²) in [6.45, 7) is 17.8. The van der Waals surface area contributed by atoms with Crippen molar-refractivity contribution in [2.24, 2.45) is 5.41 Å². The summed E-state index contributed by atoms with van der Waals surface area (Å²) in [5.41, 5.74) is 3.48. The molecule has 1 N–H and O–H groups in total. The van der Waals surface area contributed by atoms with Crippen LogP contribution in [0.15, 0.2) is 30.3 Å². The third-order valence-corrected chi connectivity index (χ3v) is 10.3. The van der Waals surface area contributed by atoms with Crippen LogP contribution in [0.4, 0.5) is 0 Å². The van der Waals surface area contributed by atoms with Crippen molar-refractivity contribution >= 4 is 21.3 Å². The van der Waals surface area contributed by atoms with E-state index in [9.17, 15) is 5.11 Å². The van der Waals surface area contributed by atoms with Crippen LogP contribution >= 0.6 is 0 Å². The van der Waals surface area contributed by atoms with Gasteiger partial charge in [-0.2, -0.15) is 0 Å². The lowest BCUT2D eigenvalue weighted by Gasteiger charge is -2.43. The Kier molecular flexibility index (Phi) is 6.12. The molecule has 1 unspecified atom stereocenters. The van der Waals surface area contributed by atoms with Crippen molar-refractivity contribution in [3.05, 3.63) is 30.3 Å². The van der Waals surface area contributed by atoms with Gasteiger partial charge >= 0.3 is 0 Å². The highest BCUT2D eigenvalue weighted by molar-refractivity contribution is 6.92. The summed E-state index contributed by atoms with van der Waals surface area (Å²) in [6.07, 6.45) is 1.64. The average molecular weight is 347 g/mol. The molecule has 3 heteroatoms. The summed E-state index contributed by atoms with van der Waals surface area (Å²) in [6, 6.07) is 10.5. The minimum absolute atomic E-state index is 0.0230. The first-order valence-electron chi connectivity index (χ1n) is 8.55. The van der Waals surface area contributed by atoms with E-state index < -0.39 is 21.4 Å². The lowest BCUT2D eigenvalue weighted by atomic mass is 9.84. The molecule has 0 fully saturated rings. The molecule has 0 spiro atoms. The third-order valence-electron chi connectivity index (χ3n) is 4.70. The van der Waals surface area contributed by atoms with Gasteiger partial charge in [0.2, 0.25) is 0 Å². The lowest BCUT2D eigenvalue weighted by molar-refractivity contribution is 0.0821. The summed E-state index contributed by atoms with van der Waals surface area (Å²) in [5, 5.41) is 12.0. The van der Waals surface area contributed by atoms with E-state index in [0.717, 1.165) is 12.8 Å². The SMILES string of the molecule is CC(C)(CC#C[Si](C)(C)C)CC(C)(O)[Si](C)(C)c1ccccc1. The molecule has 1 aromatic rings. The number of hydrogen-bond acceptors (Lipinski definition) is 1. The monoisotopic (exact) mass is 346 g/mol. The zero-order chi connectivity index (χ0) is 17.9. The normalized spacial score (nSPS) is 15.5. The Labute approximate surface area is 145 Å². The highest BCUT2D eigenvalue weighted by Crippen LogP contribution is 2.36. The van der Waals surface area contributed by atoms with Gasteiger partial charge in [-0.3, -0.25) is 0 Å². The molecule has 0 heterocycles. The van der Waals surface area contributed by atoms with Crippen molar-refractivity contribution in [1.82, 2.24) is 0 Å². The minimum atomic E-state index is -1.98. The molecule has 128 valence electrons. The molecule has 0 bridgehead atoms. The van der Waals surface area contributed by atoms with Crippen LogP contribution in [0.25, 0.3) is 0 Å². The predicted molar refractivity (Wildman–Crippen MR) is 108 cm³/mol. The highest BCUT2D eigenvalue weighted by atomic mass is 28.3. The Morgan fingerprint density at radius 3 is 1.96 bits per heavy atom. The molecular weight excluding hydrogens is 312 g/mol. The van der Waals surface area contributed by atoms with E-state index in [0.29, 0.717) is 0 Å². The van der Waals surface area contributed by atoms with Crippen LogP contribution in [0, 0.1) is 16.9 Å². The largest absolute Gasteiger partial charge is 0.393 e. The lowest BCUT2D eigenvalue weighted by Crippen LogP contribution is -2.62. The maximum absolute atomic E-state index is 11.3. The molecule has 0 saturated heterocycles. The van der Waals surface area contributed by atoms with Gasteiger partial charge in [0.25, 0.3) is 0 Å². The Morgan fingerprint density at radius 2 is 1.48 bits per heavy atom. The van der Waals surface area contributed by atoms with Gasteiger partial charge < -0.3 is 5.11 Å². The average Bonchev–Trinajstić information content (AvgIpc) is 2.36. The fourth-order valence-electron chi connectivity index (χ4n) is 2.93. The molecule has 1 aromatic carbocycles. The third kappa shape index (κ3) is 5.95. The van der Waals surface area contributed by atoms with Crippen LogP contribution in [0.2, 0.25) is 32.7 Å². The van der Waals surface area contributed by atoms with Gasteiger partial charge in [-0.05, 0) is 18.8 Å². The molecule has 0 amide bonds. The number of hydrogen-bond donors (Lipinski definition) is 1. The number of benzene rings is 1. The van der Waals surface area contributed by atoms with Crippen LogP contribution in [0.5, 0.6) is 0 Å². The molecule has 1 atom stereocenters. The Hall–Kier alpha value is -0.826. The highest BCUT2D eigenvalue weighted by Gasteiger charge is 2.45. The smallest absolute Gasteiger partial charge is 0.129 e. The van der Waals surface area contributed by atoms with Gasteiger partial charge in [0.15, 0.2) is 0 Å². The Bertz CT molecular complexity index is 569. The van der Waals surface area contributed by atoms with Gasteiger partial charge in [0.1, 0.15) is 16.1 Å². The molecule has 1 rings (SSSR count). The summed E-state index contributed by atoms with van der Waals surface area (Å²) < 4.78 is 0. The van der Waals surface area contributed by atoms with Gasteiger partial charge in [-0.15, -0.1) is 11.5 Å². The fourth-order valence-corrected chi connectivity index (χ4v) is 6.12. The summed E-state index contributed by atoms with van der Waals surface area (Å²) in [5.74, 6) is 3.40. The maximum Gasteiger partial charge on any atom is 0.129 e. The minimum Gasteiger partial charge on any atom is -0.393 e. The fraction of sp³-hybridized carbons (Fsp3) is 0.600. The van der Waals surface area contributed by atoms with E-state index >= 15 is 0 Å². The molecular formula is C20H34OSi2. The second-order valence-corrected chi connectivity index (χ2v) is 19.0. The van der Waals surface area contributed by atoms with Crippen LogP contribution in [-0.4, -0.2) is 26.5 Å². The molecule has 0 aliphatic carbocycles. The van der Waals surface area contributed by atoms with Crippen LogP contribution < -0.4 is 5.19 Å². The van der Waals surface area contributed by atoms with Crippen molar-refractivity contribution in [1.29, 1.82) is 0 Å². The number of rotatable bonds is 5. The summed E-state index contributed by atoms with van der Waals surface area (Å²) in [7, 11) is -3.30. The molecule has 0 aromatic heterocycles. The topological polar surface area (TPSA) is 20.2 Å². The maximum atomic E-state index is 11.3. The zero-order valence-corrected chi connectivity index (χ0v) is 18.2. The molecule has 0 radical (unpaired) electrons. The molecule has 0 aliphatic rings. The van der Waals surface area contributed by atoms with E-state index in [1.807, 2.05) is 13.0 Å². The van der Waals surface area contributed by atoms with Gasteiger partial charge in [-0.25, -0.2) is 0 Å². The second kappa shape index (κ2) is 6.97. The van der Waals surface area contributed by atoms with Gasteiger partial charge in [-0.1, -0.05) is 82.1 Å². The first-order valence-corrected chi connectivity index (χ1v) is 15.0. The first-order chi connectivity index (χ1) is 10.3. The van der Waals surface area contributed by atoms with E-state index in [4.69, 9.17) is 0 Å². The van der Waals surface area contributed by atoms with Crippen LogP contribution in [0.3, 0.4) is 0 Å². The van der Waals surface area contributed by atoms with E-state index in [1.165, 1.54) is 5.19 Å². The van der Waals surface area contributed by atoms with Crippen molar-refractivity contribution < 1.29 is 5.11 Å². The molecule has 1 nitrogen and oxygen atoms in total. The molecule has 0 aliphatic heterocycles. The summed E-state index contributed by atoms with van der Waals surface area (Å²) in [4.78, 5) is 0. The van der Waals surface area contributed by atoms with E-state index in [-0.39, 0.29) is 5.41 Å². The predicted octanol–water partition coefficient (Wildman–Crippen LogP) is 4.58. The van der Waals surface area contributed by atoms with Crippen molar-refractivity contribution in [3.8, 4) is 11.5 Å². The Balaban J connectivity index is 2.93. The first kappa shape index (κ1) is 20.2. The van der Waals surface area contributed by atoms with Gasteiger partial charge in [0.05, 0.1) is 5.22 Å². The van der Waals surface area contributed by atoms with Crippen LogP contribution in [-0.2, 0) is 0 Å². The molecule has 0 saturated carbocycles. The zero-order valence-electron chi connectivity index (χ0n) is 16.2. The summed E-state index contributed by atoms with van der Waals surface area (Å²) >= 11 is 0. The molecule has 23 heavy (non-hydrogen) atoms. The van der Waals surface area contributed by atoms with Crippen molar-refractivity contribution in [3.63, 3.8) is 0 Å². The van der Waals surface area contributed by atoms with Crippen molar-refractivity contribution in [2.75, 3.05) is 0 Å². The standard InChI is InChI=1S/C20H34OSi2/c1-19(2,15-12-16-22(4,5)6)17-20(3,21)23(7,8)18-13-10-9-11-14-18/h9-11,13-14,21H,15,17H2,1-8H3. The van der Waals surface area contributed by atoms with Crippen molar-refractivity contribution in [2.45, 2.75) is 71.6 Å². The van der Waals surface area contributed by atoms with Crippen LogP contribution in [0.1, 0.15) is 33.6 Å². The Morgan fingerprint density at radius 1 is 0.957 bits per heavy atom. The van der Waals surface area contributed by atoms with E-state index in [1.54, 1.807) is 0 Å². The number of aliphatic hydroxyl groups is 1.